The van der Waals surface area contributed by atoms with Crippen molar-refractivity contribution >= 4 is 0 Å². The molecule has 0 radical (unpaired) electrons. The van der Waals surface area contributed by atoms with Crippen LogP contribution in [0.25, 0.3) is 0 Å². The number of hydrogen-bond donors (Lipinski definition) is 0. The molecule has 2 bridgehead atoms. The lowest BCUT2D eigenvalue weighted by Crippen LogP contribution is -2.11. The zero-order chi connectivity index (χ0) is 8.93. The molecule has 0 aromatic heterocycles. The normalized spacial score (nSPS) is 34.5. The van der Waals surface area contributed by atoms with Crippen molar-refractivity contribution in [2.75, 3.05) is 0 Å². The van der Waals surface area contributed by atoms with Crippen molar-refractivity contribution in [2.24, 2.45) is 11.8 Å². The smallest absolute Gasteiger partial charge is 0.0322 e. The molecule has 2 rings (SSSR count). The molecule has 0 saturated carbocycles. The highest BCUT2D eigenvalue weighted by Gasteiger charge is 2.16. The van der Waals surface area contributed by atoms with Crippen LogP contribution >= 0.6 is 0 Å². The minimum atomic E-state index is 0.978. The number of fused-ring (bicyclic) bond motifs is 2. The quantitative estimate of drug-likeness (QED) is 0.488. The number of allylic oxidation sites excluding steroid dienone is 4. The van der Waals surface area contributed by atoms with Crippen LogP contribution in [0.2, 0.25) is 0 Å². The lowest BCUT2D eigenvalue weighted by Gasteiger charge is -2.24. The summed E-state index contributed by atoms with van der Waals surface area (Å²) in [5.41, 5.74) is 0. The topological polar surface area (TPSA) is 0 Å². The molecule has 2 aliphatic carbocycles. The van der Waals surface area contributed by atoms with Crippen molar-refractivity contribution in [1.82, 2.24) is 0 Å². The van der Waals surface area contributed by atoms with Crippen LogP contribution in [0.3, 0.4) is 0 Å². The van der Waals surface area contributed by atoms with Crippen molar-refractivity contribution in [2.45, 2.75) is 44.9 Å². The molecule has 0 saturated heterocycles. The van der Waals surface area contributed by atoms with Crippen LogP contribution in [0.1, 0.15) is 44.9 Å². The Morgan fingerprint density at radius 3 is 1.77 bits per heavy atom. The molecule has 0 heterocycles. The highest BCUT2D eigenvalue weighted by molar-refractivity contribution is 4.94. The third-order valence-corrected chi connectivity index (χ3v) is 3.42. The Hall–Kier alpha value is -0.520. The van der Waals surface area contributed by atoms with Crippen molar-refractivity contribution in [3.8, 4) is 0 Å². The fourth-order valence-corrected chi connectivity index (χ4v) is 2.61. The van der Waals surface area contributed by atoms with E-state index in [1.807, 2.05) is 0 Å². The standard InChI is InChI=1S/C13H20/c1-3-7-12-9-5-2-6-10-13(11-12)8-4-1/h1-3,6,12-13H,4-5,7-11H2. The van der Waals surface area contributed by atoms with E-state index in [9.17, 15) is 0 Å². The van der Waals surface area contributed by atoms with Gasteiger partial charge >= 0.3 is 0 Å². The van der Waals surface area contributed by atoms with Gasteiger partial charge in [-0.1, -0.05) is 24.3 Å². The summed E-state index contributed by atoms with van der Waals surface area (Å²) in [5, 5.41) is 0. The first-order chi connectivity index (χ1) is 6.45. The third kappa shape index (κ3) is 2.72. The predicted molar refractivity (Wildman–Crippen MR) is 57.6 cm³/mol. The minimum Gasteiger partial charge on any atom is -0.0885 e. The zero-order valence-corrected chi connectivity index (χ0v) is 8.41. The molecule has 72 valence electrons. The molecule has 0 aliphatic heterocycles. The Morgan fingerprint density at radius 1 is 0.692 bits per heavy atom. The first-order valence-electron chi connectivity index (χ1n) is 5.75. The van der Waals surface area contributed by atoms with E-state index < -0.39 is 0 Å². The van der Waals surface area contributed by atoms with Gasteiger partial charge in [0.25, 0.3) is 0 Å². The second-order valence-corrected chi connectivity index (χ2v) is 4.54. The van der Waals surface area contributed by atoms with Crippen molar-refractivity contribution in [3.05, 3.63) is 24.3 Å². The highest BCUT2D eigenvalue weighted by atomic mass is 14.2. The zero-order valence-electron chi connectivity index (χ0n) is 8.41. The Morgan fingerprint density at radius 2 is 1.23 bits per heavy atom. The molecule has 0 spiro atoms. The Bertz CT molecular complexity index is 178. The van der Waals surface area contributed by atoms with Gasteiger partial charge in [0.15, 0.2) is 0 Å². The van der Waals surface area contributed by atoms with Crippen LogP contribution in [-0.4, -0.2) is 0 Å². The fourth-order valence-electron chi connectivity index (χ4n) is 2.61. The molecule has 0 aromatic carbocycles. The van der Waals surface area contributed by atoms with Gasteiger partial charge in [0.2, 0.25) is 0 Å². The molecule has 13 heavy (non-hydrogen) atoms. The summed E-state index contributed by atoms with van der Waals surface area (Å²) >= 11 is 0. The van der Waals surface area contributed by atoms with Gasteiger partial charge in [0.05, 0.1) is 0 Å². The van der Waals surface area contributed by atoms with Crippen LogP contribution in [0.15, 0.2) is 24.3 Å². The van der Waals surface area contributed by atoms with E-state index in [2.05, 4.69) is 24.3 Å². The van der Waals surface area contributed by atoms with E-state index >= 15 is 0 Å². The molecule has 0 fully saturated rings. The molecular weight excluding hydrogens is 156 g/mol. The van der Waals surface area contributed by atoms with E-state index in [4.69, 9.17) is 0 Å². The summed E-state index contributed by atoms with van der Waals surface area (Å²) in [6.45, 7) is 0. The van der Waals surface area contributed by atoms with Gasteiger partial charge in [-0.3, -0.25) is 0 Å². The summed E-state index contributed by atoms with van der Waals surface area (Å²) in [5.74, 6) is 1.96. The second-order valence-electron chi connectivity index (χ2n) is 4.54. The summed E-state index contributed by atoms with van der Waals surface area (Å²) in [7, 11) is 0. The average molecular weight is 176 g/mol. The molecule has 0 amide bonds. The maximum absolute atomic E-state index is 2.41. The number of hydrogen-bond acceptors (Lipinski definition) is 0. The molecule has 0 heteroatoms. The van der Waals surface area contributed by atoms with Crippen LogP contribution in [0.5, 0.6) is 0 Å². The van der Waals surface area contributed by atoms with E-state index in [0.29, 0.717) is 0 Å². The van der Waals surface area contributed by atoms with E-state index in [1.165, 1.54) is 44.9 Å². The van der Waals surface area contributed by atoms with Gasteiger partial charge in [-0.15, -0.1) is 0 Å². The monoisotopic (exact) mass is 176 g/mol. The second kappa shape index (κ2) is 4.64. The van der Waals surface area contributed by atoms with Gasteiger partial charge in [-0.25, -0.2) is 0 Å². The molecule has 0 aromatic rings. The summed E-state index contributed by atoms with van der Waals surface area (Å²) in [4.78, 5) is 0. The molecule has 2 aliphatic rings. The van der Waals surface area contributed by atoms with Gasteiger partial charge in [0.1, 0.15) is 0 Å². The predicted octanol–water partition coefficient (Wildman–Crippen LogP) is 4.09. The van der Waals surface area contributed by atoms with E-state index in [-0.39, 0.29) is 0 Å². The average Bonchev–Trinajstić information content (AvgIpc) is 2.00. The maximum Gasteiger partial charge on any atom is -0.0322 e. The van der Waals surface area contributed by atoms with Gasteiger partial charge in [-0.2, -0.15) is 0 Å². The lowest BCUT2D eigenvalue weighted by atomic mass is 9.81. The SMILES string of the molecule is C1=CCC2CCC=CCC(CC1)C2. The minimum absolute atomic E-state index is 0.978. The van der Waals surface area contributed by atoms with Crippen molar-refractivity contribution in [1.29, 1.82) is 0 Å². The summed E-state index contributed by atoms with van der Waals surface area (Å²) in [6, 6.07) is 0. The lowest BCUT2D eigenvalue weighted by molar-refractivity contribution is 0.331. The summed E-state index contributed by atoms with van der Waals surface area (Å²) < 4.78 is 0. The first-order valence-corrected chi connectivity index (χ1v) is 5.75. The van der Waals surface area contributed by atoms with Crippen molar-refractivity contribution in [3.63, 3.8) is 0 Å². The highest BCUT2D eigenvalue weighted by Crippen LogP contribution is 2.30. The molecular formula is C13H20. The van der Waals surface area contributed by atoms with Crippen LogP contribution in [0.4, 0.5) is 0 Å². The number of rotatable bonds is 0. The van der Waals surface area contributed by atoms with Crippen molar-refractivity contribution < 1.29 is 0 Å². The third-order valence-electron chi connectivity index (χ3n) is 3.42. The Balaban J connectivity index is 2.02. The fraction of sp³-hybridized carbons (Fsp3) is 0.692. The van der Waals surface area contributed by atoms with Crippen LogP contribution < -0.4 is 0 Å². The molecule has 2 atom stereocenters. The first kappa shape index (κ1) is 9.05. The summed E-state index contributed by atoms with van der Waals surface area (Å²) in [6.07, 6.45) is 19.2. The van der Waals surface area contributed by atoms with Gasteiger partial charge < -0.3 is 0 Å². The largest absolute Gasteiger partial charge is 0.0885 e. The van der Waals surface area contributed by atoms with E-state index in [0.717, 1.165) is 11.8 Å². The Kier molecular flexibility index (Phi) is 3.23. The van der Waals surface area contributed by atoms with Gasteiger partial charge in [0, 0.05) is 0 Å². The maximum atomic E-state index is 2.41. The molecule has 0 nitrogen and oxygen atoms in total. The Labute approximate surface area is 81.7 Å². The molecule has 2 unspecified atom stereocenters. The van der Waals surface area contributed by atoms with E-state index in [1.54, 1.807) is 0 Å². The van der Waals surface area contributed by atoms with Gasteiger partial charge in [-0.05, 0) is 56.8 Å². The van der Waals surface area contributed by atoms with Crippen LogP contribution in [-0.2, 0) is 0 Å². The van der Waals surface area contributed by atoms with Crippen LogP contribution in [0, 0.1) is 11.8 Å². The molecule has 0 N–H and O–H groups in total.